The second-order valence-electron chi connectivity index (χ2n) is 8.19. The Morgan fingerprint density at radius 1 is 1.17 bits per heavy atom. The molecule has 0 saturated carbocycles. The third-order valence-corrected chi connectivity index (χ3v) is 7.97. The summed E-state index contributed by atoms with van der Waals surface area (Å²) < 4.78 is 33.9. The molecule has 0 aliphatic carbocycles. The summed E-state index contributed by atoms with van der Waals surface area (Å²) in [5, 5.41) is 13.1. The lowest BCUT2D eigenvalue weighted by Crippen LogP contribution is -2.28. The van der Waals surface area contributed by atoms with E-state index in [1.807, 2.05) is 0 Å². The topological polar surface area (TPSA) is 79.7 Å². The van der Waals surface area contributed by atoms with E-state index in [-0.39, 0.29) is 26.7 Å². The molecule has 1 unspecified atom stereocenters. The van der Waals surface area contributed by atoms with E-state index in [1.165, 1.54) is 11.3 Å². The molecule has 1 saturated heterocycles. The molecule has 10 heteroatoms. The molecular formula is C25H16F2N2O4S2. The number of carbonyl (C=O) groups is 2. The molecule has 2 aliphatic heterocycles. The van der Waals surface area contributed by atoms with Gasteiger partial charge in [0.05, 0.1) is 16.9 Å². The largest absolute Gasteiger partial charge is 0.507 e. The van der Waals surface area contributed by atoms with Crippen LogP contribution in [0.5, 0.6) is 5.75 Å². The monoisotopic (exact) mass is 510 g/mol. The number of hydrogen-bond acceptors (Lipinski definition) is 7. The van der Waals surface area contributed by atoms with Gasteiger partial charge in [-0.05, 0) is 54.1 Å². The van der Waals surface area contributed by atoms with Gasteiger partial charge in [0.2, 0.25) is 0 Å². The number of rotatable bonds is 3. The number of aliphatic hydroxyl groups excluding tert-OH is 1. The molecule has 1 amide bonds. The number of thiophene rings is 1. The number of benzene rings is 2. The zero-order valence-electron chi connectivity index (χ0n) is 18.0. The molecule has 6 rings (SSSR count). The summed E-state index contributed by atoms with van der Waals surface area (Å²) in [6.07, 6.45) is 1.61. The number of aliphatic hydroxyl groups is 1. The first-order valence-electron chi connectivity index (χ1n) is 10.8. The second-order valence-corrected chi connectivity index (χ2v) is 10.2. The zero-order valence-corrected chi connectivity index (χ0v) is 19.6. The number of thiazole rings is 1. The number of amides is 1. The number of nitrogens with zero attached hydrogens (tertiary/aromatic N) is 2. The van der Waals surface area contributed by atoms with E-state index in [0.717, 1.165) is 52.5 Å². The summed E-state index contributed by atoms with van der Waals surface area (Å²) in [6, 6.07) is 9.55. The predicted octanol–water partition coefficient (Wildman–Crippen LogP) is 5.59. The van der Waals surface area contributed by atoms with E-state index in [1.54, 1.807) is 35.7 Å². The number of fused-ring (bicyclic) bond motifs is 2. The Kier molecular flexibility index (Phi) is 5.15. The zero-order chi connectivity index (χ0) is 24.3. The molecule has 176 valence electrons. The minimum Gasteiger partial charge on any atom is -0.507 e. The molecule has 4 heterocycles. The number of Topliss-reactive ketones (excluding diaryl/α,β-unsaturated/α-hetero) is 1. The van der Waals surface area contributed by atoms with E-state index < -0.39 is 29.4 Å². The molecule has 0 radical (unpaired) electrons. The van der Waals surface area contributed by atoms with Crippen molar-refractivity contribution >= 4 is 55.5 Å². The Bertz CT molecular complexity index is 1540. The lowest BCUT2D eigenvalue weighted by molar-refractivity contribution is -0.132. The van der Waals surface area contributed by atoms with E-state index in [2.05, 4.69) is 4.98 Å². The SMILES string of the molecule is O=C1C(=O)N(c2nc3c(F)cc(F)cc3s2)C(c2cccs2)/C1=C(\O)c1ccc2c(c1)CCCO2. The van der Waals surface area contributed by atoms with E-state index >= 15 is 0 Å². The Labute approximate surface area is 205 Å². The number of aromatic nitrogens is 1. The predicted molar refractivity (Wildman–Crippen MR) is 129 cm³/mol. The van der Waals surface area contributed by atoms with Crippen LogP contribution in [0.1, 0.15) is 28.5 Å². The number of carbonyl (C=O) groups excluding carboxylic acids is 2. The lowest BCUT2D eigenvalue weighted by Gasteiger charge is -2.22. The highest BCUT2D eigenvalue weighted by Gasteiger charge is 2.48. The van der Waals surface area contributed by atoms with Gasteiger partial charge in [0, 0.05) is 16.5 Å². The van der Waals surface area contributed by atoms with Crippen molar-refractivity contribution in [2.24, 2.45) is 0 Å². The highest BCUT2D eigenvalue weighted by molar-refractivity contribution is 7.22. The summed E-state index contributed by atoms with van der Waals surface area (Å²) in [4.78, 5) is 32.5. The van der Waals surface area contributed by atoms with E-state index in [0.29, 0.717) is 17.0 Å². The van der Waals surface area contributed by atoms with Gasteiger partial charge in [0.1, 0.15) is 28.9 Å². The van der Waals surface area contributed by atoms with Crippen molar-refractivity contribution in [3.05, 3.63) is 81.1 Å². The van der Waals surface area contributed by atoms with Gasteiger partial charge in [-0.1, -0.05) is 17.4 Å². The second kappa shape index (κ2) is 8.24. The Hall–Kier alpha value is -3.63. The number of halogens is 2. The summed E-state index contributed by atoms with van der Waals surface area (Å²) >= 11 is 2.21. The average molecular weight is 511 g/mol. The van der Waals surface area contributed by atoms with Gasteiger partial charge in [0.15, 0.2) is 10.9 Å². The summed E-state index contributed by atoms with van der Waals surface area (Å²) in [5.41, 5.74) is 1.13. The number of aryl methyl sites for hydroxylation is 1. The molecule has 35 heavy (non-hydrogen) atoms. The van der Waals surface area contributed by atoms with Crippen LogP contribution in [0.3, 0.4) is 0 Å². The van der Waals surface area contributed by atoms with Gasteiger partial charge in [-0.15, -0.1) is 11.3 Å². The van der Waals surface area contributed by atoms with Crippen LogP contribution in [0.15, 0.2) is 53.4 Å². The molecule has 0 bridgehead atoms. The molecule has 0 spiro atoms. The highest BCUT2D eigenvalue weighted by Crippen LogP contribution is 2.46. The molecule has 1 atom stereocenters. The van der Waals surface area contributed by atoms with Crippen molar-refractivity contribution in [3.8, 4) is 5.75 Å². The maximum Gasteiger partial charge on any atom is 0.301 e. The number of anilines is 1. The fourth-order valence-corrected chi connectivity index (χ4v) is 6.31. The third kappa shape index (κ3) is 3.52. The van der Waals surface area contributed by atoms with Crippen molar-refractivity contribution in [2.45, 2.75) is 18.9 Å². The van der Waals surface area contributed by atoms with Crippen molar-refractivity contribution in [3.63, 3.8) is 0 Å². The van der Waals surface area contributed by atoms with Crippen LogP contribution >= 0.6 is 22.7 Å². The number of ether oxygens (including phenoxy) is 1. The maximum atomic E-state index is 14.3. The molecule has 2 aromatic heterocycles. The van der Waals surface area contributed by atoms with Crippen LogP contribution < -0.4 is 9.64 Å². The van der Waals surface area contributed by atoms with Gasteiger partial charge in [0.25, 0.3) is 5.78 Å². The fourth-order valence-electron chi connectivity index (χ4n) is 4.46. The van der Waals surface area contributed by atoms with E-state index in [9.17, 15) is 23.5 Å². The molecule has 1 fully saturated rings. The van der Waals surface area contributed by atoms with Crippen LogP contribution in [-0.4, -0.2) is 28.4 Å². The van der Waals surface area contributed by atoms with Crippen LogP contribution in [0.25, 0.3) is 16.0 Å². The summed E-state index contributed by atoms with van der Waals surface area (Å²) in [5.74, 6) is -2.98. The number of hydrogen-bond donors (Lipinski definition) is 1. The van der Waals surface area contributed by atoms with Crippen LogP contribution in [0.4, 0.5) is 13.9 Å². The quantitative estimate of drug-likeness (QED) is 0.221. The smallest absolute Gasteiger partial charge is 0.301 e. The van der Waals surface area contributed by atoms with Crippen molar-refractivity contribution < 1.29 is 28.2 Å². The van der Waals surface area contributed by atoms with Crippen LogP contribution in [0, 0.1) is 11.6 Å². The first-order valence-corrected chi connectivity index (χ1v) is 12.5. The minimum absolute atomic E-state index is 0.0443. The minimum atomic E-state index is -0.962. The molecule has 1 N–H and O–H groups in total. The standard InChI is InChI=1S/C25H16F2N2O4S2/c26-14-10-15(27)20-18(11-14)35-25(28-20)29-21(17-4-2-8-34-17)19(23(31)24(29)32)22(30)13-5-6-16-12(9-13)3-1-7-33-16/h2,4-6,8-11,21,30H,1,3,7H2/b22-19+. The van der Waals surface area contributed by atoms with Crippen molar-refractivity contribution in [1.29, 1.82) is 0 Å². The lowest BCUT2D eigenvalue weighted by atomic mass is 9.97. The third-order valence-electron chi connectivity index (χ3n) is 6.05. The van der Waals surface area contributed by atoms with Crippen LogP contribution in [0.2, 0.25) is 0 Å². The van der Waals surface area contributed by atoms with Gasteiger partial charge in [-0.3, -0.25) is 14.5 Å². The van der Waals surface area contributed by atoms with E-state index in [4.69, 9.17) is 4.74 Å². The molecule has 4 aromatic rings. The first kappa shape index (κ1) is 21.9. The molecule has 6 nitrogen and oxygen atoms in total. The summed E-state index contributed by atoms with van der Waals surface area (Å²) in [7, 11) is 0. The highest BCUT2D eigenvalue weighted by atomic mass is 32.1. The van der Waals surface area contributed by atoms with Gasteiger partial charge in [-0.25, -0.2) is 13.8 Å². The Balaban J connectivity index is 1.53. The Morgan fingerprint density at radius 3 is 2.83 bits per heavy atom. The normalized spacial score (nSPS) is 19.3. The number of ketones is 1. The molecule has 2 aromatic carbocycles. The maximum absolute atomic E-state index is 14.3. The van der Waals surface area contributed by atoms with Crippen LogP contribution in [-0.2, 0) is 16.0 Å². The Morgan fingerprint density at radius 2 is 2.03 bits per heavy atom. The van der Waals surface area contributed by atoms with Crippen molar-refractivity contribution in [1.82, 2.24) is 4.98 Å². The van der Waals surface area contributed by atoms with Crippen molar-refractivity contribution in [2.75, 3.05) is 11.5 Å². The van der Waals surface area contributed by atoms with Gasteiger partial charge < -0.3 is 9.84 Å². The first-order chi connectivity index (χ1) is 16.9. The average Bonchev–Trinajstić information content (AvgIpc) is 3.57. The fraction of sp³-hybridized carbons (Fsp3) is 0.160. The molecular weight excluding hydrogens is 494 g/mol. The van der Waals surface area contributed by atoms with Gasteiger partial charge in [-0.2, -0.15) is 0 Å². The van der Waals surface area contributed by atoms with Gasteiger partial charge >= 0.3 is 5.91 Å². The summed E-state index contributed by atoms with van der Waals surface area (Å²) in [6.45, 7) is 0.620. The molecule has 2 aliphatic rings.